The van der Waals surface area contributed by atoms with Crippen molar-refractivity contribution in [2.45, 2.75) is 51.0 Å². The molecule has 3 heterocycles. The maximum Gasteiger partial charge on any atom is 0.240 e. The van der Waals surface area contributed by atoms with Crippen molar-refractivity contribution < 1.29 is 9.59 Å². The van der Waals surface area contributed by atoms with E-state index in [1.54, 1.807) is 17.3 Å². The molecule has 7 nitrogen and oxygen atoms in total. The van der Waals surface area contributed by atoms with E-state index in [9.17, 15) is 9.59 Å². The van der Waals surface area contributed by atoms with Gasteiger partial charge in [-0.2, -0.15) is 0 Å². The smallest absolute Gasteiger partial charge is 0.240 e. The van der Waals surface area contributed by atoms with Crippen molar-refractivity contribution in [3.05, 3.63) is 42.0 Å². The van der Waals surface area contributed by atoms with E-state index in [1.807, 2.05) is 18.3 Å². The molecule has 0 bridgehead atoms. The van der Waals surface area contributed by atoms with Crippen LogP contribution in [0.2, 0.25) is 0 Å². The molecule has 146 valence electrons. The van der Waals surface area contributed by atoms with Gasteiger partial charge in [0, 0.05) is 48.4 Å². The quantitative estimate of drug-likeness (QED) is 0.881. The largest absolute Gasteiger partial charge is 0.348 e. The minimum Gasteiger partial charge on any atom is -0.348 e. The number of pyridine rings is 1. The first kappa shape index (κ1) is 18.5. The Morgan fingerprint density at radius 2 is 2.11 bits per heavy atom. The van der Waals surface area contributed by atoms with Gasteiger partial charge >= 0.3 is 0 Å². The number of carbonyl (C=O) groups is 2. The third kappa shape index (κ3) is 4.18. The summed E-state index contributed by atoms with van der Waals surface area (Å²) in [6.07, 6.45) is 11.5. The van der Waals surface area contributed by atoms with Gasteiger partial charge in [-0.05, 0) is 44.2 Å². The summed E-state index contributed by atoms with van der Waals surface area (Å²) in [4.78, 5) is 39.7. The van der Waals surface area contributed by atoms with Gasteiger partial charge in [0.05, 0.1) is 12.6 Å². The third-order valence-electron chi connectivity index (χ3n) is 5.44. The van der Waals surface area contributed by atoms with Crippen molar-refractivity contribution in [1.82, 2.24) is 25.2 Å². The normalized spacial score (nSPS) is 19.6. The van der Waals surface area contributed by atoms with E-state index in [2.05, 4.69) is 15.3 Å². The third-order valence-corrected chi connectivity index (χ3v) is 5.44. The summed E-state index contributed by atoms with van der Waals surface area (Å²) in [5.74, 6) is 0.638. The second-order valence-corrected chi connectivity index (χ2v) is 7.48. The molecule has 2 aromatic heterocycles. The fraction of sp³-hybridized carbons (Fsp3) is 0.476. The van der Waals surface area contributed by atoms with E-state index < -0.39 is 0 Å². The minimum atomic E-state index is -0.107. The highest BCUT2D eigenvalue weighted by Gasteiger charge is 2.26. The lowest BCUT2D eigenvalue weighted by Crippen LogP contribution is -2.42. The molecule has 28 heavy (non-hydrogen) atoms. The van der Waals surface area contributed by atoms with Crippen LogP contribution >= 0.6 is 0 Å². The highest BCUT2D eigenvalue weighted by atomic mass is 16.2. The summed E-state index contributed by atoms with van der Waals surface area (Å²) in [7, 11) is 0. The van der Waals surface area contributed by atoms with Gasteiger partial charge in [0.25, 0.3) is 0 Å². The number of fused-ring (bicyclic) bond motifs is 1. The van der Waals surface area contributed by atoms with Crippen LogP contribution in [0.5, 0.6) is 0 Å². The lowest BCUT2D eigenvalue weighted by molar-refractivity contribution is -0.135. The number of aryl methyl sites for hydroxylation is 1. The van der Waals surface area contributed by atoms with Crippen LogP contribution in [0.4, 0.5) is 0 Å². The number of carbonyl (C=O) groups excluding carboxylic acids is 2. The Bertz CT molecular complexity index is 855. The molecule has 0 aromatic carbocycles. The molecule has 0 spiro atoms. The van der Waals surface area contributed by atoms with Gasteiger partial charge in [0.1, 0.15) is 0 Å². The number of aromatic nitrogens is 3. The zero-order chi connectivity index (χ0) is 19.3. The maximum absolute atomic E-state index is 12.6. The molecular formula is C21H25N5O2. The van der Waals surface area contributed by atoms with Gasteiger partial charge in [-0.3, -0.25) is 14.6 Å². The van der Waals surface area contributed by atoms with E-state index >= 15 is 0 Å². The van der Waals surface area contributed by atoms with E-state index in [4.69, 9.17) is 4.98 Å². The van der Waals surface area contributed by atoms with Crippen molar-refractivity contribution in [2.24, 2.45) is 0 Å². The summed E-state index contributed by atoms with van der Waals surface area (Å²) >= 11 is 0. The van der Waals surface area contributed by atoms with Crippen molar-refractivity contribution in [3.63, 3.8) is 0 Å². The fourth-order valence-electron chi connectivity index (χ4n) is 3.95. The molecule has 1 fully saturated rings. The molecule has 4 rings (SSSR count). The molecule has 0 radical (unpaired) electrons. The molecule has 1 aliphatic carbocycles. The molecule has 2 aromatic rings. The fourth-order valence-corrected chi connectivity index (χ4v) is 3.95. The van der Waals surface area contributed by atoms with Crippen LogP contribution in [0.15, 0.2) is 30.7 Å². The van der Waals surface area contributed by atoms with Crippen molar-refractivity contribution in [3.8, 4) is 11.4 Å². The Labute approximate surface area is 164 Å². The minimum absolute atomic E-state index is 0.0844. The highest BCUT2D eigenvalue weighted by molar-refractivity contribution is 5.85. The molecule has 1 atom stereocenters. The second kappa shape index (κ2) is 8.46. The van der Waals surface area contributed by atoms with Gasteiger partial charge in [0.15, 0.2) is 5.82 Å². The zero-order valence-corrected chi connectivity index (χ0v) is 15.9. The van der Waals surface area contributed by atoms with Gasteiger partial charge < -0.3 is 10.2 Å². The Hall–Kier alpha value is -2.83. The predicted octanol–water partition coefficient (Wildman–Crippen LogP) is 2.43. The molecule has 2 amide bonds. The van der Waals surface area contributed by atoms with E-state index in [-0.39, 0.29) is 24.4 Å². The van der Waals surface area contributed by atoms with Crippen LogP contribution in [0.25, 0.3) is 11.4 Å². The Morgan fingerprint density at radius 1 is 1.18 bits per heavy atom. The second-order valence-electron chi connectivity index (χ2n) is 7.48. The molecule has 0 saturated carbocycles. The Morgan fingerprint density at radius 3 is 2.96 bits per heavy atom. The van der Waals surface area contributed by atoms with Crippen LogP contribution < -0.4 is 5.32 Å². The average molecular weight is 379 g/mol. The average Bonchev–Trinajstić information content (AvgIpc) is 2.92. The molecule has 1 N–H and O–H groups in total. The van der Waals surface area contributed by atoms with Crippen LogP contribution in [-0.2, 0) is 16.0 Å². The first-order valence-electron chi connectivity index (χ1n) is 10.0. The zero-order valence-electron chi connectivity index (χ0n) is 15.9. The molecule has 0 unspecified atom stereocenters. The monoisotopic (exact) mass is 379 g/mol. The van der Waals surface area contributed by atoms with Gasteiger partial charge in [0.2, 0.25) is 11.8 Å². The van der Waals surface area contributed by atoms with Crippen molar-refractivity contribution in [1.29, 1.82) is 0 Å². The standard InChI is InChI=1S/C21H25N5O2/c27-19(14-26-11-3-1-2-9-20(26)28)24-17-7-4-8-18-16(17)13-23-21(25-18)15-6-5-10-22-12-15/h5-6,10,12-13,17H,1-4,7-9,11,14H2,(H,24,27)/t17-/m0/s1. The Kier molecular flexibility index (Phi) is 5.60. The topological polar surface area (TPSA) is 88.1 Å². The van der Waals surface area contributed by atoms with Crippen LogP contribution in [0.3, 0.4) is 0 Å². The van der Waals surface area contributed by atoms with Crippen molar-refractivity contribution in [2.75, 3.05) is 13.1 Å². The molecule has 1 aliphatic heterocycles. The summed E-state index contributed by atoms with van der Waals surface area (Å²) in [6.45, 7) is 0.810. The van der Waals surface area contributed by atoms with Gasteiger partial charge in [-0.15, -0.1) is 0 Å². The van der Waals surface area contributed by atoms with Crippen molar-refractivity contribution >= 4 is 11.8 Å². The number of likely N-dealkylation sites (tertiary alicyclic amines) is 1. The molecule has 7 heteroatoms. The first-order chi connectivity index (χ1) is 13.7. The van der Waals surface area contributed by atoms with Crippen LogP contribution in [-0.4, -0.2) is 44.8 Å². The number of nitrogens with one attached hydrogen (secondary N) is 1. The Balaban J connectivity index is 1.45. The lowest BCUT2D eigenvalue weighted by Gasteiger charge is -2.27. The number of amides is 2. The number of nitrogens with zero attached hydrogens (tertiary/aromatic N) is 4. The first-order valence-corrected chi connectivity index (χ1v) is 10.0. The van der Waals surface area contributed by atoms with E-state index in [0.29, 0.717) is 18.8 Å². The van der Waals surface area contributed by atoms with Gasteiger partial charge in [-0.25, -0.2) is 9.97 Å². The highest BCUT2D eigenvalue weighted by Crippen LogP contribution is 2.29. The van der Waals surface area contributed by atoms with Crippen LogP contribution in [0.1, 0.15) is 55.8 Å². The summed E-state index contributed by atoms with van der Waals surface area (Å²) < 4.78 is 0. The molecule has 2 aliphatic rings. The molecule has 1 saturated heterocycles. The number of hydrogen-bond acceptors (Lipinski definition) is 5. The lowest BCUT2D eigenvalue weighted by atomic mass is 9.92. The SMILES string of the molecule is O=C(CN1CCCCCC1=O)N[C@H]1CCCc2nc(-c3cccnc3)ncc21. The predicted molar refractivity (Wildman–Crippen MR) is 104 cm³/mol. The number of hydrogen-bond donors (Lipinski definition) is 1. The van der Waals surface area contributed by atoms with Gasteiger partial charge in [-0.1, -0.05) is 6.42 Å². The summed E-state index contributed by atoms with van der Waals surface area (Å²) in [5, 5.41) is 3.10. The maximum atomic E-state index is 12.6. The number of rotatable bonds is 4. The van der Waals surface area contributed by atoms with E-state index in [0.717, 1.165) is 55.3 Å². The summed E-state index contributed by atoms with van der Waals surface area (Å²) in [5.41, 5.74) is 2.85. The molecular weight excluding hydrogens is 354 g/mol. The van der Waals surface area contributed by atoms with Crippen LogP contribution in [0, 0.1) is 0 Å². The summed E-state index contributed by atoms with van der Waals surface area (Å²) in [6, 6.07) is 3.71. The van der Waals surface area contributed by atoms with E-state index in [1.165, 1.54) is 0 Å².